The van der Waals surface area contributed by atoms with Gasteiger partial charge in [0.1, 0.15) is 5.82 Å². The average molecular weight is 394 g/mol. The molecule has 3 aromatic rings. The molecule has 0 atom stereocenters. The number of alkyl halides is 3. The monoisotopic (exact) mass is 394 g/mol. The Morgan fingerprint density at radius 2 is 2.04 bits per heavy atom. The molecule has 10 heteroatoms. The number of fused-ring (bicyclic) bond motifs is 1. The van der Waals surface area contributed by atoms with Gasteiger partial charge < -0.3 is 10.1 Å². The Hall–Kier alpha value is -2.91. The standard InChI is InChI=1S/C18H21F3N6O/c1-11(2)7-23-16-14-9-27(26-15(14)4-5-22-16)8-13-6-12(3)17(25-24-13)28-10-18(19,20)21/h4-6,9,11H,7-8,10H2,1-3H3,(H,22,23). The first-order valence-corrected chi connectivity index (χ1v) is 8.80. The molecule has 150 valence electrons. The first-order valence-electron chi connectivity index (χ1n) is 8.80. The molecule has 0 aromatic carbocycles. The molecule has 0 saturated carbocycles. The van der Waals surface area contributed by atoms with E-state index in [2.05, 4.69) is 44.2 Å². The van der Waals surface area contributed by atoms with Gasteiger partial charge in [0.25, 0.3) is 0 Å². The van der Waals surface area contributed by atoms with Crippen molar-refractivity contribution in [2.24, 2.45) is 5.92 Å². The summed E-state index contributed by atoms with van der Waals surface area (Å²) in [6.07, 6.45) is -0.869. The van der Waals surface area contributed by atoms with E-state index >= 15 is 0 Å². The number of ether oxygens (including phenoxy) is 1. The highest BCUT2D eigenvalue weighted by Gasteiger charge is 2.29. The number of nitrogens with zero attached hydrogens (tertiary/aromatic N) is 5. The molecule has 0 saturated heterocycles. The van der Waals surface area contributed by atoms with Crippen LogP contribution in [0.5, 0.6) is 5.88 Å². The maximum absolute atomic E-state index is 12.3. The van der Waals surface area contributed by atoms with Crippen LogP contribution in [-0.2, 0) is 6.54 Å². The van der Waals surface area contributed by atoms with E-state index in [-0.39, 0.29) is 5.88 Å². The van der Waals surface area contributed by atoms with E-state index in [4.69, 9.17) is 0 Å². The summed E-state index contributed by atoms with van der Waals surface area (Å²) >= 11 is 0. The van der Waals surface area contributed by atoms with Gasteiger partial charge in [-0.25, -0.2) is 4.98 Å². The molecule has 0 aliphatic heterocycles. The molecule has 0 bridgehead atoms. The first-order chi connectivity index (χ1) is 13.2. The van der Waals surface area contributed by atoms with Gasteiger partial charge in [-0.15, -0.1) is 10.2 Å². The van der Waals surface area contributed by atoms with E-state index in [0.717, 1.165) is 23.3 Å². The number of hydrogen-bond acceptors (Lipinski definition) is 6. The lowest BCUT2D eigenvalue weighted by molar-refractivity contribution is -0.154. The van der Waals surface area contributed by atoms with Crippen LogP contribution in [0, 0.1) is 12.8 Å². The van der Waals surface area contributed by atoms with Gasteiger partial charge in [0.05, 0.1) is 23.1 Å². The Balaban J connectivity index is 1.75. The van der Waals surface area contributed by atoms with E-state index in [1.165, 1.54) is 0 Å². The molecule has 0 radical (unpaired) electrons. The summed E-state index contributed by atoms with van der Waals surface area (Å²) in [5.41, 5.74) is 1.83. The van der Waals surface area contributed by atoms with Crippen molar-refractivity contribution in [1.29, 1.82) is 0 Å². The lowest BCUT2D eigenvalue weighted by Crippen LogP contribution is -2.20. The molecule has 0 fully saturated rings. The van der Waals surface area contributed by atoms with Crippen molar-refractivity contribution in [1.82, 2.24) is 25.0 Å². The zero-order valence-corrected chi connectivity index (χ0v) is 15.8. The van der Waals surface area contributed by atoms with Crippen molar-refractivity contribution in [2.75, 3.05) is 18.5 Å². The third kappa shape index (κ3) is 5.08. The highest BCUT2D eigenvalue weighted by molar-refractivity contribution is 5.88. The first kappa shape index (κ1) is 19.8. The second-order valence-corrected chi connectivity index (χ2v) is 6.92. The molecular weight excluding hydrogens is 373 g/mol. The number of halogens is 3. The predicted molar refractivity (Wildman–Crippen MR) is 98.3 cm³/mol. The van der Waals surface area contributed by atoms with Crippen molar-refractivity contribution < 1.29 is 17.9 Å². The zero-order chi connectivity index (χ0) is 20.3. The zero-order valence-electron chi connectivity index (χ0n) is 15.8. The van der Waals surface area contributed by atoms with Gasteiger partial charge in [0.2, 0.25) is 5.88 Å². The molecule has 0 aliphatic carbocycles. The number of nitrogens with one attached hydrogen (secondary N) is 1. The number of aryl methyl sites for hydroxylation is 1. The smallest absolute Gasteiger partial charge is 0.422 e. The molecule has 28 heavy (non-hydrogen) atoms. The number of aromatic nitrogens is 5. The van der Waals surface area contributed by atoms with Gasteiger partial charge in [0.15, 0.2) is 6.61 Å². The SMILES string of the molecule is Cc1cc(Cn2cc3c(NCC(C)C)nccc3n2)nnc1OCC(F)(F)F. The molecule has 1 N–H and O–H groups in total. The van der Waals surface area contributed by atoms with E-state index < -0.39 is 12.8 Å². The summed E-state index contributed by atoms with van der Waals surface area (Å²) in [4.78, 5) is 4.36. The molecular formula is C18H21F3N6O. The second kappa shape index (κ2) is 7.99. The molecule has 0 amide bonds. The van der Waals surface area contributed by atoms with Crippen molar-refractivity contribution in [3.05, 3.63) is 35.8 Å². The van der Waals surface area contributed by atoms with Crippen LogP contribution in [0.25, 0.3) is 10.9 Å². The van der Waals surface area contributed by atoms with Crippen molar-refractivity contribution in [2.45, 2.75) is 33.5 Å². The normalized spacial score (nSPS) is 12.0. The summed E-state index contributed by atoms with van der Waals surface area (Å²) in [6, 6.07) is 3.46. The lowest BCUT2D eigenvalue weighted by Gasteiger charge is -2.10. The Bertz CT molecular complexity index is 954. The van der Waals surface area contributed by atoms with E-state index in [1.54, 1.807) is 23.9 Å². The third-order valence-corrected chi connectivity index (χ3v) is 3.85. The van der Waals surface area contributed by atoms with Crippen LogP contribution < -0.4 is 10.1 Å². The van der Waals surface area contributed by atoms with Gasteiger partial charge in [-0.2, -0.15) is 18.3 Å². The minimum Gasteiger partial charge on any atom is -0.467 e. The van der Waals surface area contributed by atoms with Gasteiger partial charge in [-0.1, -0.05) is 13.8 Å². The van der Waals surface area contributed by atoms with Crippen molar-refractivity contribution in [3.8, 4) is 5.88 Å². The van der Waals surface area contributed by atoms with Crippen LogP contribution in [0.2, 0.25) is 0 Å². The fourth-order valence-electron chi connectivity index (χ4n) is 2.58. The van der Waals surface area contributed by atoms with E-state index in [0.29, 0.717) is 23.7 Å². The molecule has 7 nitrogen and oxygen atoms in total. The molecule has 0 spiro atoms. The minimum atomic E-state index is -4.42. The van der Waals surface area contributed by atoms with Crippen LogP contribution in [0.15, 0.2) is 24.5 Å². The fourth-order valence-corrected chi connectivity index (χ4v) is 2.58. The Labute approximate surface area is 159 Å². The molecule has 0 unspecified atom stereocenters. The van der Waals surface area contributed by atoms with E-state index in [9.17, 15) is 13.2 Å². The topological polar surface area (TPSA) is 77.8 Å². The average Bonchev–Trinajstić information content (AvgIpc) is 3.01. The maximum atomic E-state index is 12.3. The quantitative estimate of drug-likeness (QED) is 0.660. The van der Waals surface area contributed by atoms with Gasteiger partial charge >= 0.3 is 6.18 Å². The number of anilines is 1. The van der Waals surface area contributed by atoms with Crippen molar-refractivity contribution >= 4 is 16.7 Å². The van der Waals surface area contributed by atoms with Gasteiger partial charge in [-0.05, 0) is 25.0 Å². The fraction of sp³-hybridized carbons (Fsp3) is 0.444. The second-order valence-electron chi connectivity index (χ2n) is 6.92. The lowest BCUT2D eigenvalue weighted by atomic mass is 10.2. The summed E-state index contributed by atoms with van der Waals surface area (Å²) in [5, 5.41) is 16.4. The van der Waals surface area contributed by atoms with Gasteiger partial charge in [0, 0.05) is 24.5 Å². The summed E-state index contributed by atoms with van der Waals surface area (Å²) in [6.45, 7) is 5.57. The summed E-state index contributed by atoms with van der Waals surface area (Å²) < 4.78 is 43.2. The highest BCUT2D eigenvalue weighted by Crippen LogP contribution is 2.22. The Morgan fingerprint density at radius 3 is 2.71 bits per heavy atom. The predicted octanol–water partition coefficient (Wildman–Crippen LogP) is 3.59. The number of rotatable bonds is 7. The van der Waals surface area contributed by atoms with Crippen LogP contribution >= 0.6 is 0 Å². The number of hydrogen-bond donors (Lipinski definition) is 1. The molecule has 0 aliphatic rings. The summed E-state index contributed by atoms with van der Waals surface area (Å²) in [5.74, 6) is 1.11. The summed E-state index contributed by atoms with van der Waals surface area (Å²) in [7, 11) is 0. The van der Waals surface area contributed by atoms with Gasteiger partial charge in [-0.3, -0.25) is 4.68 Å². The third-order valence-electron chi connectivity index (χ3n) is 3.85. The highest BCUT2D eigenvalue weighted by atomic mass is 19.4. The minimum absolute atomic E-state index is 0.129. The Kier molecular flexibility index (Phi) is 5.66. The maximum Gasteiger partial charge on any atom is 0.422 e. The molecule has 3 heterocycles. The molecule has 3 rings (SSSR count). The van der Waals surface area contributed by atoms with Crippen molar-refractivity contribution in [3.63, 3.8) is 0 Å². The largest absolute Gasteiger partial charge is 0.467 e. The molecule has 3 aromatic heterocycles. The number of pyridine rings is 1. The van der Waals surface area contributed by atoms with E-state index in [1.807, 2.05) is 12.3 Å². The van der Waals surface area contributed by atoms with Crippen LogP contribution in [0.1, 0.15) is 25.1 Å². The van der Waals surface area contributed by atoms with Crippen LogP contribution in [0.3, 0.4) is 0 Å². The van der Waals surface area contributed by atoms with Crippen LogP contribution in [-0.4, -0.2) is 44.3 Å². The Morgan fingerprint density at radius 1 is 1.25 bits per heavy atom. The van der Waals surface area contributed by atoms with Crippen LogP contribution in [0.4, 0.5) is 19.0 Å².